The van der Waals surface area contributed by atoms with Crippen molar-refractivity contribution in [3.8, 4) is 80.1 Å². The summed E-state index contributed by atoms with van der Waals surface area (Å²) < 4.78 is 57.7. The third-order valence-corrected chi connectivity index (χ3v) is 23.6. The van der Waals surface area contributed by atoms with Gasteiger partial charge in [0.2, 0.25) is 53.7 Å². The Hall–Kier alpha value is -12.1. The van der Waals surface area contributed by atoms with Gasteiger partial charge in [-0.25, -0.2) is 44.7 Å². The van der Waals surface area contributed by atoms with Crippen LogP contribution in [0.15, 0.2) is 155 Å². The molecule has 0 aromatic heterocycles. The number of fused-ring (bicyclic) bond motifs is 12. The summed E-state index contributed by atoms with van der Waals surface area (Å²) in [5.74, 6) is -18.1. The highest BCUT2D eigenvalue weighted by Crippen LogP contribution is 2.52. The molecule has 0 spiro atoms. The summed E-state index contributed by atoms with van der Waals surface area (Å²) in [6.07, 6.45) is -23.4. The number of aliphatic imine (C=N–C) groups is 8. The number of phenolic OH excluding ortho intramolecular Hbond substituents is 4. The Morgan fingerprint density at radius 2 is 1.02 bits per heavy atom. The minimum atomic E-state index is -2.63. The fourth-order valence-electron chi connectivity index (χ4n) is 16.1. The first-order valence-electron chi connectivity index (χ1n) is 41.8. The molecule has 15 unspecified atom stereocenters. The number of hydrogen-bond donors (Lipinski definition) is 24. The summed E-state index contributed by atoms with van der Waals surface area (Å²) in [6.45, 7) is 0.00992. The van der Waals surface area contributed by atoms with Gasteiger partial charge < -0.3 is 166 Å². The number of carboxylic acid groups (broad SMARTS) is 1. The Morgan fingerprint density at radius 3 is 1.65 bits per heavy atom. The molecule has 0 radical (unpaired) electrons. The monoisotopic (exact) mass is 1880 g/mol. The topological polar surface area (TPSA) is 690 Å². The van der Waals surface area contributed by atoms with Crippen molar-refractivity contribution in [1.29, 1.82) is 0 Å². The van der Waals surface area contributed by atoms with Crippen LogP contribution < -0.4 is 29.4 Å². The number of ether oxygens (including phenoxy) is 9. The summed E-state index contributed by atoms with van der Waals surface area (Å²) >= 11 is 14.8. The molecule has 3 saturated heterocycles. The van der Waals surface area contributed by atoms with Gasteiger partial charge in [0.1, 0.15) is 132 Å². The van der Waals surface area contributed by atoms with E-state index in [-0.39, 0.29) is 50.9 Å². The van der Waals surface area contributed by atoms with Crippen LogP contribution in [0.2, 0.25) is 10.0 Å². The van der Waals surface area contributed by atoms with Crippen LogP contribution in [0.4, 0.5) is 0 Å². The van der Waals surface area contributed by atoms with E-state index < -0.39 is 304 Å². The number of benzene rings is 7. The van der Waals surface area contributed by atoms with Gasteiger partial charge in [0, 0.05) is 48.6 Å². The molecule has 25 N–H and O–H groups in total. The molecule has 0 saturated carbocycles. The molecule has 16 rings (SSSR count). The van der Waals surface area contributed by atoms with E-state index in [1.807, 2.05) is 0 Å². The molecular formula is C88H97Cl2N9O33. The zero-order valence-corrected chi connectivity index (χ0v) is 71.5. The highest BCUT2D eigenvalue weighted by Gasteiger charge is 2.51. The van der Waals surface area contributed by atoms with Gasteiger partial charge in [-0.3, -0.25) is 0 Å². The molecule has 9 heterocycles. The summed E-state index contributed by atoms with van der Waals surface area (Å²) in [5, 5.41) is 271. The quantitative estimate of drug-likeness (QED) is 0.0196. The SMILES string of the molecule is CCCCCCCCCC(O)=NC1C(Oc2c3cc4cc2Oc2ccc(cc2Cl)[C@@H](OC2OC(CO)C(O)C(O)C2N=C(C)O)[C@@H]2N=C(O)[C@H](N=C(O)[C@@H]4N=C(O)[C@H]4N=C(O)[C@@H](Cc5ccc(c(Cl)c5)O3)N=C(O)[C@H](N)c3ccc(O)c(c3)Oc3cc(O)cc4c3)c3ccc(O)c(c3)-c3c(OC4OC(CO)C(O)C(O)C4O)cc(O)cc3[C@@H](C(=O)O)N=C2O)OC(CO)C(O)C1O. The predicted molar refractivity (Wildman–Crippen MR) is 469 cm³/mol. The van der Waals surface area contributed by atoms with Gasteiger partial charge in [-0.1, -0.05) is 92.9 Å². The number of nitrogens with zero attached hydrogens (tertiary/aromatic N) is 8. The van der Waals surface area contributed by atoms with Crippen LogP contribution >= 0.6 is 23.2 Å². The molecule has 132 heavy (non-hydrogen) atoms. The Kier molecular flexibility index (Phi) is 29.8. The van der Waals surface area contributed by atoms with Crippen LogP contribution in [0.1, 0.15) is 140 Å². The molecule has 7 aromatic rings. The number of rotatable bonds is 20. The summed E-state index contributed by atoms with van der Waals surface area (Å²) in [4.78, 5) is 50.0. The Balaban J connectivity index is 1.09. The van der Waals surface area contributed by atoms with Crippen molar-refractivity contribution < 1.29 is 165 Å². The lowest BCUT2D eigenvalue weighted by Crippen LogP contribution is -2.60. The lowest BCUT2D eigenvalue weighted by atomic mass is 9.90. The second-order valence-electron chi connectivity index (χ2n) is 32.3. The van der Waals surface area contributed by atoms with Gasteiger partial charge in [0.25, 0.3) is 0 Å². The van der Waals surface area contributed by atoms with E-state index in [4.69, 9.17) is 76.6 Å². The Labute approximate surface area is 759 Å². The van der Waals surface area contributed by atoms with E-state index in [1.165, 1.54) is 36.4 Å². The molecule has 17 bridgehead atoms. The standard InChI is InChI=1S/C88H97Cl2N9O33/c1-3-4-5-6-7-8-9-10-60(108)94-68-74(113)71(110)58(32-101)129-87(68)132-78-55-26-40-27-56(78)126-52-18-14-38(24-47(52)90)77(131-86-67(92-34(2)103)73(112)70(109)57(31-100)128-86)69-84(121)98-66(85(122)123)45-29-42(105)30-54(127-88-76(115)75(114)72(111)59(33-102)130-88)61(45)44-23-37(13-15-49(44)106)63(81(118)99-69)96-83(120)65(40)97-82(119)64-39-21-41(104)28-43(22-39)124-53-25-36(12-16-50(53)107)62(91)80(117)93-48(79(116)95-64)20-35-11-17-51(125-55)46(89)19-35/h11-19,21-30,48,57-59,62-77,86-88,100-102,104-107,109-115H,3-10,20,31-33,91H2,1-2H3,(H,92,103)(H,93,117)(H,94,108)(H,95,116)(H,96,120)(H,97,119)(H,98,121)(H,99,118)(H,122,123)/t48-,57?,58?,59?,62-,63-,64+,65-,66+,67?,68?,69+,70?,71?,72?,73?,74?,75?,76?,77-,86?,87?,88?/m1/s1. The van der Waals surface area contributed by atoms with Crippen LogP contribution in [0.5, 0.6) is 69.0 Å². The number of nitrogens with two attached hydrogens (primary N) is 1. The van der Waals surface area contributed by atoms with Gasteiger partial charge in [-0.2, -0.15) is 0 Å². The third kappa shape index (κ3) is 20.7. The van der Waals surface area contributed by atoms with E-state index in [0.29, 0.717) is 12.8 Å². The number of aliphatic hydroxyl groups excluding tert-OH is 18. The third-order valence-electron chi connectivity index (χ3n) is 23.0. The second kappa shape index (κ2) is 41.0. The van der Waals surface area contributed by atoms with Crippen molar-refractivity contribution in [1.82, 2.24) is 0 Å². The molecule has 9 aliphatic heterocycles. The molecule has 0 amide bonds. The average molecular weight is 1880 g/mol. The van der Waals surface area contributed by atoms with Crippen molar-refractivity contribution >= 4 is 76.4 Å². The summed E-state index contributed by atoms with van der Waals surface area (Å²) in [5.41, 5.74) is 3.11. The number of halogens is 2. The van der Waals surface area contributed by atoms with E-state index in [1.54, 1.807) is 0 Å². The van der Waals surface area contributed by atoms with E-state index in [0.717, 1.165) is 118 Å². The number of hydrogen-bond acceptors (Lipinski definition) is 33. The van der Waals surface area contributed by atoms with Crippen LogP contribution in [0.25, 0.3) is 11.1 Å². The highest BCUT2D eigenvalue weighted by atomic mass is 35.5. The second-order valence-corrected chi connectivity index (χ2v) is 33.1. The molecule has 3 fully saturated rings. The van der Waals surface area contributed by atoms with Gasteiger partial charge >= 0.3 is 5.97 Å². The smallest absolute Gasteiger partial charge is 0.333 e. The number of phenols is 4. The van der Waals surface area contributed by atoms with Crippen molar-refractivity contribution in [2.75, 3.05) is 19.8 Å². The lowest BCUT2D eigenvalue weighted by Gasteiger charge is -2.42. The van der Waals surface area contributed by atoms with Gasteiger partial charge in [-0.05, 0) is 119 Å². The molecule has 706 valence electrons. The van der Waals surface area contributed by atoms with Gasteiger partial charge in [-0.15, -0.1) is 0 Å². The lowest BCUT2D eigenvalue weighted by molar-refractivity contribution is -0.279. The van der Waals surface area contributed by atoms with Crippen molar-refractivity contribution in [3.05, 3.63) is 164 Å². The summed E-state index contributed by atoms with van der Waals surface area (Å²) in [7, 11) is 0. The van der Waals surface area contributed by atoms with Crippen LogP contribution in [-0.2, 0) is 30.2 Å². The van der Waals surface area contributed by atoms with Crippen LogP contribution in [0, 0.1) is 0 Å². The molecular weight excluding hydrogens is 1780 g/mol. The van der Waals surface area contributed by atoms with Crippen LogP contribution in [-0.4, -0.2) is 294 Å². The first kappa shape index (κ1) is 96.0. The maximum absolute atomic E-state index is 14.3. The molecule has 42 nitrogen and oxygen atoms in total. The normalized spacial score (nSPS) is 29.2. The Morgan fingerprint density at radius 1 is 0.477 bits per heavy atom. The zero-order chi connectivity index (χ0) is 94.7. The number of carbonyl (C=O) groups is 1. The first-order chi connectivity index (χ1) is 63.0. The molecule has 0 aliphatic carbocycles. The minimum Gasteiger partial charge on any atom is -0.508 e. The maximum Gasteiger partial charge on any atom is 0.333 e. The Bertz CT molecular complexity index is 5680. The number of aliphatic hydroxyl groups is 18. The number of aliphatic carboxylic acids is 1. The molecule has 44 heteroatoms. The number of carboxylic acids is 1. The van der Waals surface area contributed by atoms with Gasteiger partial charge in [0.05, 0.1) is 29.9 Å². The minimum absolute atomic E-state index is 0.0705. The van der Waals surface area contributed by atoms with Gasteiger partial charge in [0.15, 0.2) is 71.3 Å². The number of aromatic hydroxyl groups is 4. The molecule has 9 aliphatic rings. The zero-order valence-electron chi connectivity index (χ0n) is 70.0. The maximum atomic E-state index is 14.3. The largest absolute Gasteiger partial charge is 0.508 e. The number of unbranched alkanes of at least 4 members (excludes halogenated alkanes) is 6. The van der Waals surface area contributed by atoms with E-state index >= 15 is 0 Å². The fourth-order valence-corrected chi connectivity index (χ4v) is 16.6. The van der Waals surface area contributed by atoms with Crippen molar-refractivity contribution in [2.45, 2.75) is 212 Å². The molecule has 7 aromatic carbocycles. The van der Waals surface area contributed by atoms with E-state index in [9.17, 15) is 122 Å². The summed E-state index contributed by atoms with van der Waals surface area (Å²) in [6, 6.07) is 1.27. The average Bonchev–Trinajstić information content (AvgIpc) is 0.757. The van der Waals surface area contributed by atoms with Crippen LogP contribution in [0.3, 0.4) is 0 Å². The molecule has 23 atom stereocenters. The first-order valence-corrected chi connectivity index (χ1v) is 42.6. The highest BCUT2D eigenvalue weighted by molar-refractivity contribution is 6.32. The van der Waals surface area contributed by atoms with Crippen molar-refractivity contribution in [2.24, 2.45) is 45.7 Å². The fraction of sp³-hybridized carbons (Fsp3) is 0.420. The van der Waals surface area contributed by atoms with E-state index in [2.05, 4.69) is 41.9 Å². The van der Waals surface area contributed by atoms with Crippen molar-refractivity contribution in [3.63, 3.8) is 0 Å². The predicted octanol–water partition coefficient (Wildman–Crippen LogP) is 7.89.